The molecule has 0 amide bonds. The van der Waals surface area contributed by atoms with Gasteiger partial charge in [-0.05, 0) is 33.6 Å². The quantitative estimate of drug-likeness (QED) is 0.481. The summed E-state index contributed by atoms with van der Waals surface area (Å²) < 4.78 is 4.84. The summed E-state index contributed by atoms with van der Waals surface area (Å²) in [5, 5.41) is 0. The van der Waals surface area contributed by atoms with Crippen LogP contribution in [0.25, 0.3) is 0 Å². The summed E-state index contributed by atoms with van der Waals surface area (Å²) in [5.74, 6) is -0.100. The third kappa shape index (κ3) is 5.57. The number of allylic oxidation sites excluding steroid dienone is 3. The minimum absolute atomic E-state index is 0.100. The molecular weight excluding hydrogens is 176 g/mol. The average Bonchev–Trinajstić information content (AvgIpc) is 2.16. The van der Waals surface area contributed by atoms with Gasteiger partial charge in [-0.2, -0.15) is 0 Å². The molecule has 0 unspecified atom stereocenters. The number of rotatable bonds is 6. The molecule has 0 aromatic rings. The van der Waals surface area contributed by atoms with Crippen LogP contribution in [-0.2, 0) is 9.53 Å². The molecule has 0 aromatic heterocycles. The lowest BCUT2D eigenvalue weighted by molar-refractivity contribution is -0.143. The lowest BCUT2D eigenvalue weighted by Crippen LogP contribution is -2.03. The SMILES string of the molecule is C=C/C(C)=C(/C)CCCC(=O)OCC. The van der Waals surface area contributed by atoms with Gasteiger partial charge in [0.15, 0.2) is 0 Å². The molecule has 0 aromatic carbocycles. The molecular formula is C12H20O2. The van der Waals surface area contributed by atoms with Crippen molar-refractivity contribution in [3.8, 4) is 0 Å². The molecule has 0 rings (SSSR count). The Morgan fingerprint density at radius 1 is 1.36 bits per heavy atom. The molecule has 0 spiro atoms. The highest BCUT2D eigenvalue weighted by atomic mass is 16.5. The zero-order chi connectivity index (χ0) is 11.0. The van der Waals surface area contributed by atoms with Crippen molar-refractivity contribution in [3.05, 3.63) is 23.8 Å². The second-order valence-corrected chi connectivity index (χ2v) is 3.33. The van der Waals surface area contributed by atoms with E-state index >= 15 is 0 Å². The van der Waals surface area contributed by atoms with Crippen molar-refractivity contribution in [2.24, 2.45) is 0 Å². The summed E-state index contributed by atoms with van der Waals surface area (Å²) in [7, 11) is 0. The first-order chi connectivity index (χ1) is 6.61. The van der Waals surface area contributed by atoms with Gasteiger partial charge in [-0.25, -0.2) is 0 Å². The zero-order valence-corrected chi connectivity index (χ0v) is 9.43. The third-order valence-corrected chi connectivity index (χ3v) is 2.22. The van der Waals surface area contributed by atoms with Crippen molar-refractivity contribution in [1.29, 1.82) is 0 Å². The minimum Gasteiger partial charge on any atom is -0.466 e. The zero-order valence-electron chi connectivity index (χ0n) is 9.43. The maximum atomic E-state index is 11.0. The fourth-order valence-corrected chi connectivity index (χ4v) is 1.10. The van der Waals surface area contributed by atoms with Gasteiger partial charge in [0.2, 0.25) is 0 Å². The number of hydrogen-bond donors (Lipinski definition) is 0. The standard InChI is InChI=1S/C12H20O2/c1-5-10(3)11(4)8-7-9-12(13)14-6-2/h5H,1,6-9H2,2-4H3/b11-10-. The van der Waals surface area contributed by atoms with Gasteiger partial charge in [0.25, 0.3) is 0 Å². The van der Waals surface area contributed by atoms with Crippen LogP contribution in [0.2, 0.25) is 0 Å². The van der Waals surface area contributed by atoms with E-state index in [1.165, 1.54) is 11.1 Å². The van der Waals surface area contributed by atoms with Gasteiger partial charge in [-0.1, -0.05) is 23.8 Å². The molecule has 0 radical (unpaired) electrons. The number of esters is 1. The molecule has 0 fully saturated rings. The second-order valence-electron chi connectivity index (χ2n) is 3.33. The fraction of sp³-hybridized carbons (Fsp3) is 0.583. The lowest BCUT2D eigenvalue weighted by Gasteiger charge is -2.04. The van der Waals surface area contributed by atoms with E-state index in [0.29, 0.717) is 13.0 Å². The van der Waals surface area contributed by atoms with Crippen LogP contribution in [0, 0.1) is 0 Å². The van der Waals surface area contributed by atoms with Crippen LogP contribution >= 0.6 is 0 Å². The predicted molar refractivity (Wildman–Crippen MR) is 59.1 cm³/mol. The number of ether oxygens (including phenoxy) is 1. The molecule has 0 atom stereocenters. The summed E-state index contributed by atoms with van der Waals surface area (Å²) in [6, 6.07) is 0. The highest BCUT2D eigenvalue weighted by molar-refractivity contribution is 5.69. The Kier molecular flexibility index (Phi) is 6.81. The maximum absolute atomic E-state index is 11.0. The summed E-state index contributed by atoms with van der Waals surface area (Å²) in [5.41, 5.74) is 2.50. The monoisotopic (exact) mass is 196 g/mol. The molecule has 0 bridgehead atoms. The van der Waals surface area contributed by atoms with Gasteiger partial charge >= 0.3 is 5.97 Å². The number of carbonyl (C=O) groups is 1. The van der Waals surface area contributed by atoms with Gasteiger partial charge in [-0.3, -0.25) is 4.79 Å². The number of hydrogen-bond acceptors (Lipinski definition) is 2. The normalized spacial score (nSPS) is 11.9. The highest BCUT2D eigenvalue weighted by Crippen LogP contribution is 2.12. The largest absolute Gasteiger partial charge is 0.466 e. The van der Waals surface area contributed by atoms with E-state index in [1.807, 2.05) is 19.9 Å². The Hall–Kier alpha value is -1.05. The second kappa shape index (κ2) is 7.36. The van der Waals surface area contributed by atoms with Gasteiger partial charge < -0.3 is 4.74 Å². The van der Waals surface area contributed by atoms with E-state index in [2.05, 4.69) is 13.5 Å². The summed E-state index contributed by atoms with van der Waals surface area (Å²) in [6.45, 7) is 10.1. The molecule has 2 heteroatoms. The summed E-state index contributed by atoms with van der Waals surface area (Å²) >= 11 is 0. The minimum atomic E-state index is -0.100. The highest BCUT2D eigenvalue weighted by Gasteiger charge is 2.01. The maximum Gasteiger partial charge on any atom is 0.305 e. The van der Waals surface area contributed by atoms with E-state index in [0.717, 1.165) is 12.8 Å². The van der Waals surface area contributed by atoms with Crippen LogP contribution in [0.5, 0.6) is 0 Å². The van der Waals surface area contributed by atoms with Crippen molar-refractivity contribution in [2.75, 3.05) is 6.61 Å². The number of carbonyl (C=O) groups excluding carboxylic acids is 1. The van der Waals surface area contributed by atoms with Gasteiger partial charge in [0, 0.05) is 6.42 Å². The van der Waals surface area contributed by atoms with Gasteiger partial charge in [0.1, 0.15) is 0 Å². The van der Waals surface area contributed by atoms with Crippen molar-refractivity contribution in [1.82, 2.24) is 0 Å². The molecule has 2 nitrogen and oxygen atoms in total. The first kappa shape index (κ1) is 12.9. The van der Waals surface area contributed by atoms with Crippen LogP contribution in [0.4, 0.5) is 0 Å². The Labute approximate surface area is 86.6 Å². The van der Waals surface area contributed by atoms with Crippen molar-refractivity contribution in [2.45, 2.75) is 40.0 Å². The molecule has 0 heterocycles. The van der Waals surface area contributed by atoms with Gasteiger partial charge in [-0.15, -0.1) is 0 Å². The van der Waals surface area contributed by atoms with Crippen LogP contribution in [0.15, 0.2) is 23.8 Å². The summed E-state index contributed by atoms with van der Waals surface area (Å²) in [6.07, 6.45) is 4.15. The molecule has 0 N–H and O–H groups in total. The van der Waals surface area contributed by atoms with Gasteiger partial charge in [0.05, 0.1) is 6.61 Å². The van der Waals surface area contributed by atoms with E-state index in [4.69, 9.17) is 4.74 Å². The van der Waals surface area contributed by atoms with E-state index in [9.17, 15) is 4.79 Å². The first-order valence-corrected chi connectivity index (χ1v) is 5.06. The van der Waals surface area contributed by atoms with E-state index < -0.39 is 0 Å². The first-order valence-electron chi connectivity index (χ1n) is 5.06. The Balaban J connectivity index is 3.74. The van der Waals surface area contributed by atoms with Crippen LogP contribution in [-0.4, -0.2) is 12.6 Å². The molecule has 0 saturated carbocycles. The average molecular weight is 196 g/mol. The summed E-state index contributed by atoms with van der Waals surface area (Å²) in [4.78, 5) is 11.0. The molecule has 0 saturated heterocycles. The Morgan fingerprint density at radius 2 is 2.00 bits per heavy atom. The Morgan fingerprint density at radius 3 is 2.50 bits per heavy atom. The topological polar surface area (TPSA) is 26.3 Å². The molecule has 0 aliphatic heterocycles. The fourth-order valence-electron chi connectivity index (χ4n) is 1.10. The lowest BCUT2D eigenvalue weighted by atomic mass is 10.1. The van der Waals surface area contributed by atoms with Crippen LogP contribution in [0.1, 0.15) is 40.0 Å². The predicted octanol–water partition coefficient (Wildman–Crippen LogP) is 3.24. The molecule has 0 aliphatic carbocycles. The smallest absolute Gasteiger partial charge is 0.305 e. The van der Waals surface area contributed by atoms with Crippen molar-refractivity contribution < 1.29 is 9.53 Å². The van der Waals surface area contributed by atoms with Crippen LogP contribution in [0.3, 0.4) is 0 Å². The van der Waals surface area contributed by atoms with E-state index in [-0.39, 0.29) is 5.97 Å². The molecule has 14 heavy (non-hydrogen) atoms. The van der Waals surface area contributed by atoms with E-state index in [1.54, 1.807) is 0 Å². The van der Waals surface area contributed by atoms with Crippen LogP contribution < -0.4 is 0 Å². The molecule has 0 aliphatic rings. The molecule has 80 valence electrons. The van der Waals surface area contributed by atoms with Crippen molar-refractivity contribution >= 4 is 5.97 Å². The van der Waals surface area contributed by atoms with Crippen molar-refractivity contribution in [3.63, 3.8) is 0 Å². The Bertz CT molecular complexity index is 226. The third-order valence-electron chi connectivity index (χ3n) is 2.22.